The summed E-state index contributed by atoms with van der Waals surface area (Å²) >= 11 is 0. The van der Waals surface area contributed by atoms with Gasteiger partial charge in [-0.1, -0.05) is 67.2 Å². The van der Waals surface area contributed by atoms with E-state index in [0.717, 1.165) is 53.2 Å². The highest BCUT2D eigenvalue weighted by molar-refractivity contribution is 6.65. The standard InChI is InChI=1S/C26H50OSi/c1-18(2)22-12-10-20(5)16-24(22)28(26(7)14-8-9-15-27-26)25-17-21(6)11-13-23(25)19(3)4/h18-25,28H,8-17H2,1-7H3. The second-order valence-electron chi connectivity index (χ2n) is 12.1. The third-order valence-electron chi connectivity index (χ3n) is 9.27. The summed E-state index contributed by atoms with van der Waals surface area (Å²) in [7, 11) is -1.12. The van der Waals surface area contributed by atoms with Gasteiger partial charge >= 0.3 is 0 Å². The first-order chi connectivity index (χ1) is 13.2. The van der Waals surface area contributed by atoms with Crippen molar-refractivity contribution in [1.29, 1.82) is 0 Å². The fourth-order valence-electron chi connectivity index (χ4n) is 7.82. The van der Waals surface area contributed by atoms with Crippen LogP contribution in [0.3, 0.4) is 0 Å². The predicted octanol–water partition coefficient (Wildman–Crippen LogP) is 7.64. The summed E-state index contributed by atoms with van der Waals surface area (Å²) in [6, 6.07) is 0. The molecule has 0 spiro atoms. The van der Waals surface area contributed by atoms with E-state index in [0.29, 0.717) is 0 Å². The summed E-state index contributed by atoms with van der Waals surface area (Å²) in [5.41, 5.74) is 2.01. The molecule has 3 rings (SSSR count). The fourth-order valence-corrected chi connectivity index (χ4v) is 15.0. The van der Waals surface area contributed by atoms with Crippen molar-refractivity contribution in [3.05, 3.63) is 0 Å². The normalized spacial score (nSPS) is 44.0. The third kappa shape index (κ3) is 4.90. The average molecular weight is 407 g/mol. The lowest BCUT2D eigenvalue weighted by Crippen LogP contribution is -2.57. The maximum Gasteiger partial charge on any atom is 0.0819 e. The van der Waals surface area contributed by atoms with Gasteiger partial charge < -0.3 is 4.74 Å². The molecule has 1 aliphatic heterocycles. The Bertz CT molecular complexity index is 449. The van der Waals surface area contributed by atoms with Crippen LogP contribution >= 0.6 is 0 Å². The van der Waals surface area contributed by atoms with Crippen LogP contribution in [0.2, 0.25) is 11.1 Å². The van der Waals surface area contributed by atoms with Crippen LogP contribution in [0.1, 0.15) is 106 Å². The number of hydrogen-bond donors (Lipinski definition) is 0. The summed E-state index contributed by atoms with van der Waals surface area (Å²) in [4.78, 5) is 0. The minimum Gasteiger partial charge on any atom is -0.379 e. The van der Waals surface area contributed by atoms with E-state index in [1.54, 1.807) is 0 Å². The summed E-state index contributed by atoms with van der Waals surface area (Å²) < 4.78 is 6.82. The smallest absolute Gasteiger partial charge is 0.0819 e. The predicted molar refractivity (Wildman–Crippen MR) is 126 cm³/mol. The molecule has 3 fully saturated rings. The van der Waals surface area contributed by atoms with E-state index in [1.807, 2.05) is 0 Å². The molecule has 0 amide bonds. The van der Waals surface area contributed by atoms with Crippen molar-refractivity contribution in [3.63, 3.8) is 0 Å². The molecule has 2 heteroatoms. The molecule has 3 aliphatic rings. The SMILES string of the molecule is CC1CCC(C(C)C)C([SiH](C2CC(C)CCC2C(C)C)C2(C)CCCCO2)C1. The average Bonchev–Trinajstić information content (AvgIpc) is 2.62. The lowest BCUT2D eigenvalue weighted by Gasteiger charge is -2.55. The molecule has 1 nitrogen and oxygen atoms in total. The summed E-state index contributed by atoms with van der Waals surface area (Å²) in [6.07, 6.45) is 13.0. The highest BCUT2D eigenvalue weighted by atomic mass is 28.3. The van der Waals surface area contributed by atoms with Gasteiger partial charge in [-0.15, -0.1) is 0 Å². The van der Waals surface area contributed by atoms with Crippen molar-refractivity contribution in [2.75, 3.05) is 6.61 Å². The van der Waals surface area contributed by atoms with Gasteiger partial charge in [0.15, 0.2) is 0 Å². The van der Waals surface area contributed by atoms with E-state index in [2.05, 4.69) is 48.5 Å². The second-order valence-corrected chi connectivity index (χ2v) is 16.1. The highest BCUT2D eigenvalue weighted by Crippen LogP contribution is 2.56. The van der Waals surface area contributed by atoms with Crippen LogP contribution in [0.15, 0.2) is 0 Å². The number of ether oxygens (including phenoxy) is 1. The fraction of sp³-hybridized carbons (Fsp3) is 1.00. The largest absolute Gasteiger partial charge is 0.379 e. The maximum atomic E-state index is 6.82. The van der Waals surface area contributed by atoms with E-state index in [4.69, 9.17) is 4.74 Å². The minimum absolute atomic E-state index is 0.252. The molecule has 0 radical (unpaired) electrons. The Balaban J connectivity index is 2.00. The van der Waals surface area contributed by atoms with Crippen LogP contribution in [-0.4, -0.2) is 20.6 Å². The van der Waals surface area contributed by atoms with E-state index < -0.39 is 8.80 Å². The van der Waals surface area contributed by atoms with Crippen molar-refractivity contribution in [2.45, 2.75) is 123 Å². The van der Waals surface area contributed by atoms with E-state index >= 15 is 0 Å². The molecule has 28 heavy (non-hydrogen) atoms. The molecule has 1 heterocycles. The highest BCUT2D eigenvalue weighted by Gasteiger charge is 2.53. The molecule has 1 saturated heterocycles. The van der Waals surface area contributed by atoms with Gasteiger partial charge in [-0.3, -0.25) is 0 Å². The first kappa shape index (κ1) is 22.9. The van der Waals surface area contributed by atoms with Crippen LogP contribution in [0.4, 0.5) is 0 Å². The van der Waals surface area contributed by atoms with Crippen LogP contribution in [0.5, 0.6) is 0 Å². The first-order valence-corrected chi connectivity index (χ1v) is 14.8. The van der Waals surface area contributed by atoms with Crippen LogP contribution in [0.25, 0.3) is 0 Å². The first-order valence-electron chi connectivity index (χ1n) is 12.9. The van der Waals surface area contributed by atoms with Crippen molar-refractivity contribution in [1.82, 2.24) is 0 Å². The molecule has 0 bridgehead atoms. The molecular weight excluding hydrogens is 356 g/mol. The summed E-state index contributed by atoms with van der Waals surface area (Å²) in [5.74, 6) is 5.47. The van der Waals surface area contributed by atoms with Crippen LogP contribution in [-0.2, 0) is 4.74 Å². The van der Waals surface area contributed by atoms with E-state index in [9.17, 15) is 0 Å². The molecule has 7 unspecified atom stereocenters. The summed E-state index contributed by atoms with van der Waals surface area (Å²) in [6.45, 7) is 18.8. The number of rotatable bonds is 5. The van der Waals surface area contributed by atoms with Crippen molar-refractivity contribution in [3.8, 4) is 0 Å². The lowest BCUT2D eigenvalue weighted by molar-refractivity contribution is -0.0166. The molecule has 164 valence electrons. The van der Waals surface area contributed by atoms with Gasteiger partial charge in [-0.05, 0) is 85.6 Å². The lowest BCUT2D eigenvalue weighted by atomic mass is 9.76. The molecule has 0 aromatic heterocycles. The quantitative estimate of drug-likeness (QED) is 0.426. The third-order valence-corrected chi connectivity index (χ3v) is 14.5. The van der Waals surface area contributed by atoms with Crippen molar-refractivity contribution >= 4 is 8.80 Å². The number of hydrogen-bond acceptors (Lipinski definition) is 1. The van der Waals surface area contributed by atoms with Gasteiger partial charge in [0.1, 0.15) is 0 Å². The molecule has 0 N–H and O–H groups in total. The topological polar surface area (TPSA) is 9.23 Å². The van der Waals surface area contributed by atoms with Gasteiger partial charge in [0.05, 0.1) is 14.0 Å². The van der Waals surface area contributed by atoms with Crippen molar-refractivity contribution in [2.24, 2.45) is 35.5 Å². The molecular formula is C26H50OSi. The monoisotopic (exact) mass is 406 g/mol. The Kier molecular flexibility index (Phi) is 7.79. The summed E-state index contributed by atoms with van der Waals surface area (Å²) in [5, 5.41) is 0.252. The molecule has 0 aromatic rings. The zero-order valence-electron chi connectivity index (χ0n) is 20.2. The Hall–Kier alpha value is 0.177. The van der Waals surface area contributed by atoms with Gasteiger partial charge in [0, 0.05) is 6.61 Å². The van der Waals surface area contributed by atoms with Crippen LogP contribution in [0, 0.1) is 35.5 Å². The zero-order valence-corrected chi connectivity index (χ0v) is 21.3. The van der Waals surface area contributed by atoms with Crippen molar-refractivity contribution < 1.29 is 4.74 Å². The molecule has 2 saturated carbocycles. The Labute approximate surface area is 178 Å². The molecule has 7 atom stereocenters. The Morgan fingerprint density at radius 3 is 1.68 bits per heavy atom. The minimum atomic E-state index is -1.12. The van der Waals surface area contributed by atoms with Gasteiger partial charge in [-0.25, -0.2) is 0 Å². The van der Waals surface area contributed by atoms with E-state index in [1.165, 1.54) is 57.8 Å². The second kappa shape index (κ2) is 9.54. The van der Waals surface area contributed by atoms with Gasteiger partial charge in [-0.2, -0.15) is 0 Å². The molecule has 0 aromatic carbocycles. The zero-order chi connectivity index (χ0) is 20.5. The van der Waals surface area contributed by atoms with E-state index in [-0.39, 0.29) is 5.22 Å². The van der Waals surface area contributed by atoms with Crippen LogP contribution < -0.4 is 0 Å². The Morgan fingerprint density at radius 2 is 1.29 bits per heavy atom. The Morgan fingerprint density at radius 1 is 0.786 bits per heavy atom. The van der Waals surface area contributed by atoms with Gasteiger partial charge in [0.2, 0.25) is 0 Å². The van der Waals surface area contributed by atoms with Gasteiger partial charge in [0.25, 0.3) is 0 Å². The maximum absolute atomic E-state index is 6.82. The molecule has 2 aliphatic carbocycles.